The first kappa shape index (κ1) is 20.8. The van der Waals surface area contributed by atoms with Gasteiger partial charge in [-0.3, -0.25) is 4.79 Å². The fourth-order valence-corrected chi connectivity index (χ4v) is 3.31. The van der Waals surface area contributed by atoms with Crippen LogP contribution in [0.5, 0.6) is 5.75 Å². The second kappa shape index (κ2) is 9.14. The van der Waals surface area contributed by atoms with Crippen LogP contribution in [0.15, 0.2) is 77.3 Å². The van der Waals surface area contributed by atoms with Crippen LogP contribution in [-0.2, 0) is 0 Å². The number of hydrogen-bond acceptors (Lipinski definition) is 4. The Balaban J connectivity index is 1.71. The molecule has 1 heterocycles. The van der Waals surface area contributed by atoms with Crippen LogP contribution in [0.1, 0.15) is 23.1 Å². The Kier molecular flexibility index (Phi) is 6.13. The minimum Gasteiger partial charge on any atom is -0.494 e. The smallest absolute Gasteiger partial charge is 0.295 e. The number of hydrogen-bond donors (Lipinski definition) is 1. The Morgan fingerprint density at radius 2 is 1.68 bits per heavy atom. The van der Waals surface area contributed by atoms with E-state index < -0.39 is 0 Å². The third-order valence-corrected chi connectivity index (χ3v) is 5.14. The number of amides is 1. The first-order valence-electron chi connectivity index (χ1n) is 9.88. The van der Waals surface area contributed by atoms with Gasteiger partial charge in [0.2, 0.25) is 5.82 Å². The fraction of sp³-hybridized carbons (Fsp3) is 0.125. The number of aryl methyl sites for hydroxylation is 1. The van der Waals surface area contributed by atoms with Crippen molar-refractivity contribution in [2.45, 2.75) is 13.8 Å². The minimum atomic E-state index is -0.375. The molecule has 7 heteroatoms. The summed E-state index contributed by atoms with van der Waals surface area (Å²) in [4.78, 5) is 17.4. The lowest BCUT2D eigenvalue weighted by Crippen LogP contribution is -2.14. The number of carbonyl (C=O) groups is 1. The molecule has 0 atom stereocenters. The van der Waals surface area contributed by atoms with Gasteiger partial charge in [0.1, 0.15) is 5.75 Å². The lowest BCUT2D eigenvalue weighted by molar-refractivity contribution is 0.101. The summed E-state index contributed by atoms with van der Waals surface area (Å²) in [6.45, 7) is 4.56. The quantitative estimate of drug-likeness (QED) is 0.389. The maximum atomic E-state index is 12.8. The van der Waals surface area contributed by atoms with Gasteiger partial charge in [-0.05, 0) is 62.4 Å². The van der Waals surface area contributed by atoms with Gasteiger partial charge in [0, 0.05) is 15.7 Å². The highest BCUT2D eigenvalue weighted by molar-refractivity contribution is 9.10. The van der Waals surface area contributed by atoms with Crippen molar-refractivity contribution in [2.75, 3.05) is 11.9 Å². The second-order valence-electron chi connectivity index (χ2n) is 6.92. The van der Waals surface area contributed by atoms with Gasteiger partial charge < -0.3 is 10.1 Å². The molecule has 0 unspecified atom stereocenters. The number of aromatic nitrogens is 3. The van der Waals surface area contributed by atoms with Crippen LogP contribution in [0.2, 0.25) is 0 Å². The average Bonchev–Trinajstić information content (AvgIpc) is 3.22. The van der Waals surface area contributed by atoms with E-state index in [4.69, 9.17) is 4.74 Å². The summed E-state index contributed by atoms with van der Waals surface area (Å²) in [5.74, 6) is 1.08. The Morgan fingerprint density at radius 3 is 2.32 bits per heavy atom. The van der Waals surface area contributed by atoms with E-state index >= 15 is 0 Å². The first-order valence-corrected chi connectivity index (χ1v) is 10.7. The van der Waals surface area contributed by atoms with E-state index in [2.05, 4.69) is 31.3 Å². The molecule has 1 aromatic heterocycles. The SMILES string of the molecule is CCOc1ccc(-n2nc(C(=O)Nc3ccc(Br)cc3)nc2-c2ccc(C)cc2)cc1. The van der Waals surface area contributed by atoms with Crippen LogP contribution in [0.25, 0.3) is 17.1 Å². The summed E-state index contributed by atoms with van der Waals surface area (Å²) >= 11 is 3.39. The number of anilines is 1. The van der Waals surface area contributed by atoms with Gasteiger partial charge in [0.25, 0.3) is 5.91 Å². The molecule has 0 aliphatic carbocycles. The Morgan fingerprint density at radius 1 is 1.00 bits per heavy atom. The van der Waals surface area contributed by atoms with Gasteiger partial charge in [-0.25, -0.2) is 9.67 Å². The van der Waals surface area contributed by atoms with Gasteiger partial charge >= 0.3 is 0 Å². The van der Waals surface area contributed by atoms with E-state index in [0.29, 0.717) is 18.1 Å². The molecule has 0 radical (unpaired) electrons. The summed E-state index contributed by atoms with van der Waals surface area (Å²) in [7, 11) is 0. The Labute approximate surface area is 189 Å². The largest absolute Gasteiger partial charge is 0.494 e. The molecular formula is C24H21BrN4O2. The highest BCUT2D eigenvalue weighted by Crippen LogP contribution is 2.24. The Bertz CT molecular complexity index is 1180. The number of rotatable bonds is 6. The molecule has 0 bridgehead atoms. The van der Waals surface area contributed by atoms with E-state index in [0.717, 1.165) is 27.0 Å². The lowest BCUT2D eigenvalue weighted by Gasteiger charge is -2.08. The normalized spacial score (nSPS) is 10.7. The summed E-state index contributed by atoms with van der Waals surface area (Å²) < 4.78 is 8.14. The fourth-order valence-electron chi connectivity index (χ4n) is 3.05. The van der Waals surface area contributed by atoms with Crippen molar-refractivity contribution in [3.05, 3.63) is 88.7 Å². The molecule has 156 valence electrons. The molecule has 0 aliphatic heterocycles. The van der Waals surface area contributed by atoms with Crippen LogP contribution < -0.4 is 10.1 Å². The van der Waals surface area contributed by atoms with Gasteiger partial charge in [0.15, 0.2) is 5.82 Å². The van der Waals surface area contributed by atoms with Crippen LogP contribution in [-0.4, -0.2) is 27.3 Å². The van der Waals surface area contributed by atoms with Crippen LogP contribution in [0.4, 0.5) is 5.69 Å². The molecule has 0 saturated heterocycles. The summed E-state index contributed by atoms with van der Waals surface area (Å²) in [5.41, 5.74) is 3.47. The van der Waals surface area contributed by atoms with E-state index in [-0.39, 0.29) is 11.7 Å². The third kappa shape index (κ3) is 4.83. The molecule has 6 nitrogen and oxygen atoms in total. The molecule has 3 aromatic carbocycles. The highest BCUT2D eigenvalue weighted by atomic mass is 79.9. The van der Waals surface area contributed by atoms with Crippen molar-refractivity contribution in [3.8, 4) is 22.8 Å². The molecule has 1 N–H and O–H groups in total. The van der Waals surface area contributed by atoms with E-state index in [9.17, 15) is 4.79 Å². The van der Waals surface area contributed by atoms with Crippen molar-refractivity contribution >= 4 is 27.5 Å². The zero-order chi connectivity index (χ0) is 21.8. The highest BCUT2D eigenvalue weighted by Gasteiger charge is 2.19. The van der Waals surface area contributed by atoms with E-state index in [1.165, 1.54) is 0 Å². The van der Waals surface area contributed by atoms with E-state index in [1.54, 1.807) is 4.68 Å². The predicted octanol–water partition coefficient (Wildman–Crippen LogP) is 5.66. The number of nitrogens with zero attached hydrogens (tertiary/aromatic N) is 3. The monoisotopic (exact) mass is 476 g/mol. The average molecular weight is 477 g/mol. The number of halogens is 1. The molecule has 31 heavy (non-hydrogen) atoms. The van der Waals surface area contributed by atoms with Gasteiger partial charge in [-0.2, -0.15) is 0 Å². The van der Waals surface area contributed by atoms with Crippen LogP contribution in [0.3, 0.4) is 0 Å². The van der Waals surface area contributed by atoms with Crippen molar-refractivity contribution in [2.24, 2.45) is 0 Å². The molecule has 0 aliphatic rings. The van der Waals surface area contributed by atoms with Gasteiger partial charge in [0.05, 0.1) is 12.3 Å². The lowest BCUT2D eigenvalue weighted by atomic mass is 10.1. The predicted molar refractivity (Wildman–Crippen MR) is 125 cm³/mol. The van der Waals surface area contributed by atoms with Crippen LogP contribution >= 0.6 is 15.9 Å². The zero-order valence-corrected chi connectivity index (χ0v) is 18.8. The standard InChI is InChI=1S/C24H21BrN4O2/c1-3-31-21-14-12-20(13-15-21)29-23(17-6-4-16(2)5-7-17)27-22(28-29)24(30)26-19-10-8-18(25)9-11-19/h4-15H,3H2,1-2H3,(H,26,30). The number of carbonyl (C=O) groups excluding carboxylic acids is 1. The van der Waals surface area contributed by atoms with E-state index in [1.807, 2.05) is 86.6 Å². The van der Waals surface area contributed by atoms with Crippen molar-refractivity contribution < 1.29 is 9.53 Å². The van der Waals surface area contributed by atoms with Crippen molar-refractivity contribution in [1.82, 2.24) is 14.8 Å². The summed E-state index contributed by atoms with van der Waals surface area (Å²) in [6, 6.07) is 22.9. The molecule has 4 aromatic rings. The minimum absolute atomic E-state index is 0.0902. The zero-order valence-electron chi connectivity index (χ0n) is 17.2. The number of ether oxygens (including phenoxy) is 1. The molecular weight excluding hydrogens is 456 g/mol. The summed E-state index contributed by atoms with van der Waals surface area (Å²) in [5, 5.41) is 7.36. The Hall–Kier alpha value is -3.45. The maximum Gasteiger partial charge on any atom is 0.295 e. The third-order valence-electron chi connectivity index (χ3n) is 4.61. The summed E-state index contributed by atoms with van der Waals surface area (Å²) in [6.07, 6.45) is 0. The topological polar surface area (TPSA) is 69.0 Å². The molecule has 0 spiro atoms. The second-order valence-corrected chi connectivity index (χ2v) is 7.84. The molecule has 1 amide bonds. The molecule has 0 fully saturated rings. The first-order chi connectivity index (χ1) is 15.0. The molecule has 0 saturated carbocycles. The van der Waals surface area contributed by atoms with Crippen molar-refractivity contribution in [3.63, 3.8) is 0 Å². The number of nitrogens with one attached hydrogen (secondary N) is 1. The van der Waals surface area contributed by atoms with Gasteiger partial charge in [-0.1, -0.05) is 45.8 Å². The maximum absolute atomic E-state index is 12.8. The van der Waals surface area contributed by atoms with Crippen molar-refractivity contribution in [1.29, 1.82) is 0 Å². The molecule has 4 rings (SSSR count). The number of benzene rings is 3. The van der Waals surface area contributed by atoms with Crippen LogP contribution in [0, 0.1) is 6.92 Å². The van der Waals surface area contributed by atoms with Gasteiger partial charge in [-0.15, -0.1) is 5.10 Å².